The molecule has 0 aromatic rings. The van der Waals surface area contributed by atoms with Crippen LogP contribution < -0.4 is 12.4 Å². The van der Waals surface area contributed by atoms with Crippen LogP contribution in [0.3, 0.4) is 0 Å². The molecule has 0 aromatic heterocycles. The summed E-state index contributed by atoms with van der Waals surface area (Å²) < 4.78 is 5.22. The summed E-state index contributed by atoms with van der Waals surface area (Å²) in [7, 11) is 5.64. The lowest BCUT2D eigenvalue weighted by atomic mass is 10.4. The Morgan fingerprint density at radius 3 is 1.71 bits per heavy atom. The molecule has 0 spiro atoms. The Morgan fingerprint density at radius 1 is 1.24 bits per heavy atom. The summed E-state index contributed by atoms with van der Waals surface area (Å²) in [5.74, 6) is -0.347. The monoisotopic (exact) mass is 261 g/mol. The van der Waals surface area contributed by atoms with Gasteiger partial charge in [-0.2, -0.15) is 0 Å². The van der Waals surface area contributed by atoms with E-state index in [2.05, 4.69) is 38.6 Å². The van der Waals surface area contributed by atoms with Crippen LogP contribution in [-0.4, -0.2) is 44.7 Å². The van der Waals surface area contributed by atoms with E-state index in [4.69, 9.17) is 0 Å². The van der Waals surface area contributed by atoms with E-state index in [9.17, 15) is 4.79 Å². The summed E-state index contributed by atoms with van der Waals surface area (Å²) >= 11 is 0. The zero-order valence-electron chi connectivity index (χ0n) is 11.3. The van der Waals surface area contributed by atoms with Gasteiger partial charge in [-0.15, -0.1) is 0 Å². The fraction of sp³-hybridized carbons (Fsp3) is 0.462. The van der Waals surface area contributed by atoms with Gasteiger partial charge in [-0.25, -0.2) is 4.79 Å². The van der Waals surface area contributed by atoms with Crippen LogP contribution in [0.5, 0.6) is 0 Å². The van der Waals surface area contributed by atoms with Crippen molar-refractivity contribution in [3.8, 4) is 0 Å². The third-order valence-corrected chi connectivity index (χ3v) is 1.78. The number of ether oxygens (including phenoxy) is 1. The van der Waals surface area contributed by atoms with E-state index in [0.29, 0.717) is 5.57 Å². The zero-order chi connectivity index (χ0) is 13.2. The van der Waals surface area contributed by atoms with Crippen LogP contribution in [0.15, 0.2) is 37.5 Å². The molecular weight excluding hydrogens is 238 g/mol. The van der Waals surface area contributed by atoms with Crippen molar-refractivity contribution in [2.45, 2.75) is 6.92 Å². The zero-order valence-corrected chi connectivity index (χ0v) is 12.1. The number of carbonyl (C=O) groups is 1. The van der Waals surface area contributed by atoms with Gasteiger partial charge < -0.3 is 21.6 Å². The summed E-state index contributed by atoms with van der Waals surface area (Å²) in [5.41, 5.74) is 0.433. The normalized spacial score (nSPS) is 8.94. The van der Waals surface area contributed by atoms with Crippen molar-refractivity contribution in [3.63, 3.8) is 0 Å². The molecule has 0 saturated heterocycles. The van der Waals surface area contributed by atoms with Gasteiger partial charge in [0.05, 0.1) is 34.3 Å². The molecule has 0 saturated carbocycles. The van der Waals surface area contributed by atoms with E-state index in [1.807, 2.05) is 12.2 Å². The second kappa shape index (κ2) is 11.4. The maximum atomic E-state index is 10.2. The number of hydrogen-bond donors (Lipinski definition) is 0. The average molecular weight is 262 g/mol. The molecule has 0 radical (unpaired) electrons. The Kier molecular flexibility index (Phi) is 14.3. The quantitative estimate of drug-likeness (QED) is 0.280. The summed E-state index contributed by atoms with van der Waals surface area (Å²) in [6, 6.07) is 0. The predicted octanol–water partition coefficient (Wildman–Crippen LogP) is -0.826. The van der Waals surface area contributed by atoms with Gasteiger partial charge in [-0.05, 0) is 19.1 Å². The Morgan fingerprint density at radius 2 is 1.59 bits per heavy atom. The van der Waals surface area contributed by atoms with Crippen molar-refractivity contribution in [1.82, 2.24) is 0 Å². The van der Waals surface area contributed by atoms with E-state index in [1.165, 1.54) is 7.11 Å². The van der Waals surface area contributed by atoms with Crippen LogP contribution in [0.25, 0.3) is 0 Å². The van der Waals surface area contributed by atoms with Gasteiger partial charge in [0.2, 0.25) is 0 Å². The topological polar surface area (TPSA) is 26.3 Å². The minimum absolute atomic E-state index is 0. The number of carbonyl (C=O) groups excluding carboxylic acids is 1. The van der Waals surface area contributed by atoms with Crippen molar-refractivity contribution in [3.05, 3.63) is 37.5 Å². The first-order valence-electron chi connectivity index (χ1n) is 5.08. The molecule has 0 amide bonds. The third-order valence-electron chi connectivity index (χ3n) is 1.78. The lowest BCUT2D eigenvalue weighted by Crippen LogP contribution is -3.00. The van der Waals surface area contributed by atoms with Crippen molar-refractivity contribution in [1.29, 1.82) is 0 Å². The van der Waals surface area contributed by atoms with Gasteiger partial charge in [0.15, 0.2) is 0 Å². The van der Waals surface area contributed by atoms with E-state index in [-0.39, 0.29) is 18.4 Å². The summed E-state index contributed by atoms with van der Waals surface area (Å²) in [4.78, 5) is 10.2. The Hall–Kier alpha value is -1.06. The Bertz CT molecular complexity index is 248. The van der Waals surface area contributed by atoms with Crippen molar-refractivity contribution in [2.75, 3.05) is 34.3 Å². The van der Waals surface area contributed by atoms with E-state index >= 15 is 0 Å². The molecule has 0 atom stereocenters. The van der Waals surface area contributed by atoms with Crippen LogP contribution in [0.2, 0.25) is 0 Å². The molecule has 0 fully saturated rings. The molecule has 4 heteroatoms. The molecule has 0 aromatic carbocycles. The van der Waals surface area contributed by atoms with Gasteiger partial charge in [-0.1, -0.05) is 19.7 Å². The number of quaternary nitrogens is 1. The number of likely N-dealkylation sites (N-methyl/N-ethyl adjacent to an activating group) is 1. The van der Waals surface area contributed by atoms with Crippen LogP contribution in [0.1, 0.15) is 6.92 Å². The number of halogens is 1. The highest BCUT2D eigenvalue weighted by molar-refractivity contribution is 5.86. The highest BCUT2D eigenvalue weighted by atomic mass is 35.5. The van der Waals surface area contributed by atoms with Crippen molar-refractivity contribution >= 4 is 5.97 Å². The third kappa shape index (κ3) is 14.9. The highest BCUT2D eigenvalue weighted by Crippen LogP contribution is 1.95. The standard InChI is InChI=1S/C8H16N.C5H8O2.ClH/c1-5-7-9(3,4)8-6-2;1-4(2)5(6)7-3;/h5-6H,1-2,7-8H2,3-4H3;1H2,2-3H3;1H/q+1;;/p-1. The second-order valence-corrected chi connectivity index (χ2v) is 4.15. The van der Waals surface area contributed by atoms with Crippen LogP contribution >= 0.6 is 0 Å². The second-order valence-electron chi connectivity index (χ2n) is 4.15. The summed E-state index contributed by atoms with van der Waals surface area (Å²) in [5, 5.41) is 0. The fourth-order valence-corrected chi connectivity index (χ4v) is 0.948. The van der Waals surface area contributed by atoms with Crippen molar-refractivity contribution in [2.24, 2.45) is 0 Å². The first-order valence-corrected chi connectivity index (χ1v) is 5.08. The van der Waals surface area contributed by atoms with Gasteiger partial charge in [0, 0.05) is 5.57 Å². The molecule has 0 bridgehead atoms. The molecule has 100 valence electrons. The number of nitrogens with zero attached hydrogens (tertiary/aromatic N) is 1. The molecule has 0 heterocycles. The lowest BCUT2D eigenvalue weighted by molar-refractivity contribution is -0.878. The maximum absolute atomic E-state index is 10.2. The van der Waals surface area contributed by atoms with E-state index in [0.717, 1.165) is 17.6 Å². The molecule has 0 rings (SSSR count). The number of esters is 1. The molecule has 0 aliphatic heterocycles. The van der Waals surface area contributed by atoms with Crippen LogP contribution in [0.4, 0.5) is 0 Å². The van der Waals surface area contributed by atoms with Gasteiger partial charge in [0.25, 0.3) is 0 Å². The average Bonchev–Trinajstić information content (AvgIpc) is 2.17. The number of methoxy groups -OCH3 is 1. The lowest BCUT2D eigenvalue weighted by Gasteiger charge is -2.26. The number of rotatable bonds is 5. The molecule has 0 unspecified atom stereocenters. The number of hydrogen-bond acceptors (Lipinski definition) is 2. The van der Waals surface area contributed by atoms with Gasteiger partial charge in [0.1, 0.15) is 0 Å². The predicted molar refractivity (Wildman–Crippen MR) is 69.1 cm³/mol. The molecule has 0 aliphatic carbocycles. The SMILES string of the molecule is C=C(C)C(=O)OC.C=CC[N+](C)(C)CC=C.[Cl-]. The first kappa shape index (κ1) is 21.2. The highest BCUT2D eigenvalue weighted by Gasteiger charge is 2.07. The minimum Gasteiger partial charge on any atom is -1.00 e. The minimum atomic E-state index is -0.347. The summed E-state index contributed by atoms with van der Waals surface area (Å²) in [6.07, 6.45) is 3.87. The van der Waals surface area contributed by atoms with E-state index < -0.39 is 0 Å². The molecule has 0 aliphatic rings. The van der Waals surface area contributed by atoms with Crippen LogP contribution in [0, 0.1) is 0 Å². The molecule has 3 nitrogen and oxygen atoms in total. The maximum Gasteiger partial charge on any atom is 0.332 e. The summed E-state index contributed by atoms with van der Waals surface area (Å²) in [6.45, 7) is 14.3. The molecular formula is C13H24ClNO2. The van der Waals surface area contributed by atoms with E-state index in [1.54, 1.807) is 6.92 Å². The fourth-order valence-electron chi connectivity index (χ4n) is 0.948. The smallest absolute Gasteiger partial charge is 0.332 e. The largest absolute Gasteiger partial charge is 1.00 e. The van der Waals surface area contributed by atoms with Gasteiger partial charge in [-0.3, -0.25) is 0 Å². The van der Waals surface area contributed by atoms with Crippen LogP contribution in [-0.2, 0) is 9.53 Å². The van der Waals surface area contributed by atoms with Crippen molar-refractivity contribution < 1.29 is 26.4 Å². The first-order chi connectivity index (χ1) is 7.30. The molecule has 0 N–H and O–H groups in total. The van der Waals surface area contributed by atoms with Gasteiger partial charge >= 0.3 is 5.97 Å². The Labute approximate surface area is 111 Å². The Balaban J connectivity index is -0.000000224. The molecule has 17 heavy (non-hydrogen) atoms.